The van der Waals surface area contributed by atoms with Gasteiger partial charge in [-0.15, -0.1) is 0 Å². The third kappa shape index (κ3) is 4.36. The molecule has 0 aliphatic heterocycles. The van der Waals surface area contributed by atoms with Crippen molar-refractivity contribution in [2.45, 2.75) is 25.4 Å². The van der Waals surface area contributed by atoms with Crippen LogP contribution >= 0.6 is 27.7 Å². The van der Waals surface area contributed by atoms with E-state index in [2.05, 4.69) is 48.0 Å². The van der Waals surface area contributed by atoms with E-state index in [0.29, 0.717) is 0 Å². The van der Waals surface area contributed by atoms with Crippen molar-refractivity contribution in [2.75, 3.05) is 0 Å². The molecule has 0 aromatic heterocycles. The summed E-state index contributed by atoms with van der Waals surface area (Å²) in [4.78, 5) is 0. The number of aryl methyl sites for hydroxylation is 2. The predicted molar refractivity (Wildman–Crippen MR) is 85.0 cm³/mol. The standard InChI is InChI=1S/C16H16BrFS/c1-11-5-12(2)7-13(6-11)9-19-10-14-3-4-15(18)8-16(14)17/h3-8H,9-10H2,1-2H3. The van der Waals surface area contributed by atoms with Crippen molar-refractivity contribution >= 4 is 27.7 Å². The molecule has 0 fully saturated rings. The van der Waals surface area contributed by atoms with Crippen LogP contribution in [0.5, 0.6) is 0 Å². The van der Waals surface area contributed by atoms with Gasteiger partial charge in [0.1, 0.15) is 5.82 Å². The van der Waals surface area contributed by atoms with Crippen LogP contribution in [0, 0.1) is 19.7 Å². The topological polar surface area (TPSA) is 0 Å². The Morgan fingerprint density at radius 1 is 1.00 bits per heavy atom. The smallest absolute Gasteiger partial charge is 0.124 e. The van der Waals surface area contributed by atoms with Gasteiger partial charge in [0.15, 0.2) is 0 Å². The number of halogens is 2. The zero-order valence-electron chi connectivity index (χ0n) is 11.0. The Morgan fingerprint density at radius 3 is 2.32 bits per heavy atom. The number of hydrogen-bond donors (Lipinski definition) is 0. The number of hydrogen-bond acceptors (Lipinski definition) is 1. The zero-order valence-corrected chi connectivity index (χ0v) is 13.4. The summed E-state index contributed by atoms with van der Waals surface area (Å²) >= 11 is 5.25. The van der Waals surface area contributed by atoms with Gasteiger partial charge < -0.3 is 0 Å². The molecule has 100 valence electrons. The summed E-state index contributed by atoms with van der Waals surface area (Å²) in [5.74, 6) is 1.66. The summed E-state index contributed by atoms with van der Waals surface area (Å²) in [6, 6.07) is 11.5. The van der Waals surface area contributed by atoms with Crippen LogP contribution in [-0.4, -0.2) is 0 Å². The van der Waals surface area contributed by atoms with E-state index in [4.69, 9.17) is 0 Å². The van der Waals surface area contributed by atoms with E-state index in [1.165, 1.54) is 28.8 Å². The van der Waals surface area contributed by atoms with Gasteiger partial charge in [0.25, 0.3) is 0 Å². The lowest BCUT2D eigenvalue weighted by Gasteiger charge is -2.07. The maximum absolute atomic E-state index is 13.0. The van der Waals surface area contributed by atoms with Gasteiger partial charge in [-0.3, -0.25) is 0 Å². The average molecular weight is 339 g/mol. The lowest BCUT2D eigenvalue weighted by Crippen LogP contribution is -1.88. The molecule has 0 aliphatic carbocycles. The molecule has 0 N–H and O–H groups in total. The highest BCUT2D eigenvalue weighted by Gasteiger charge is 2.03. The fourth-order valence-corrected chi connectivity index (χ4v) is 3.72. The first kappa shape index (κ1) is 14.6. The summed E-state index contributed by atoms with van der Waals surface area (Å²) in [6.45, 7) is 4.25. The van der Waals surface area contributed by atoms with E-state index in [9.17, 15) is 4.39 Å². The van der Waals surface area contributed by atoms with Crippen molar-refractivity contribution in [2.24, 2.45) is 0 Å². The summed E-state index contributed by atoms with van der Waals surface area (Å²) in [7, 11) is 0. The molecule has 0 saturated heterocycles. The van der Waals surface area contributed by atoms with Crippen LogP contribution in [0.3, 0.4) is 0 Å². The quantitative estimate of drug-likeness (QED) is 0.695. The Balaban J connectivity index is 1.96. The first-order valence-electron chi connectivity index (χ1n) is 6.13. The minimum absolute atomic E-state index is 0.199. The molecule has 2 aromatic carbocycles. The van der Waals surface area contributed by atoms with Gasteiger partial charge in [0.2, 0.25) is 0 Å². The Labute approximate surface area is 126 Å². The van der Waals surface area contributed by atoms with Gasteiger partial charge in [-0.05, 0) is 37.1 Å². The molecule has 3 heteroatoms. The average Bonchev–Trinajstić information content (AvgIpc) is 2.30. The van der Waals surface area contributed by atoms with Gasteiger partial charge >= 0.3 is 0 Å². The van der Waals surface area contributed by atoms with E-state index in [1.807, 2.05) is 17.8 Å². The van der Waals surface area contributed by atoms with Crippen LogP contribution in [0.15, 0.2) is 40.9 Å². The Kier molecular flexibility index (Phi) is 5.06. The van der Waals surface area contributed by atoms with Crippen molar-refractivity contribution in [3.05, 3.63) is 68.9 Å². The molecule has 2 aromatic rings. The Morgan fingerprint density at radius 2 is 1.68 bits per heavy atom. The summed E-state index contributed by atoms with van der Waals surface area (Å²) in [5, 5.41) is 0. The monoisotopic (exact) mass is 338 g/mol. The van der Waals surface area contributed by atoms with E-state index < -0.39 is 0 Å². The molecule has 0 radical (unpaired) electrons. The lowest BCUT2D eigenvalue weighted by molar-refractivity contribution is 0.626. The number of rotatable bonds is 4. The molecule has 0 nitrogen and oxygen atoms in total. The second kappa shape index (κ2) is 6.58. The van der Waals surface area contributed by atoms with Gasteiger partial charge in [-0.2, -0.15) is 11.8 Å². The van der Waals surface area contributed by atoms with Crippen molar-refractivity contribution in [1.29, 1.82) is 0 Å². The highest BCUT2D eigenvalue weighted by atomic mass is 79.9. The van der Waals surface area contributed by atoms with Crippen molar-refractivity contribution in [1.82, 2.24) is 0 Å². The maximum Gasteiger partial charge on any atom is 0.124 e. The van der Waals surface area contributed by atoms with Crippen LogP contribution in [0.4, 0.5) is 4.39 Å². The molecule has 19 heavy (non-hydrogen) atoms. The molecule has 0 aliphatic rings. The van der Waals surface area contributed by atoms with E-state index in [1.54, 1.807) is 0 Å². The minimum atomic E-state index is -0.199. The molecule has 0 spiro atoms. The Hall–Kier alpha value is -0.800. The highest BCUT2D eigenvalue weighted by molar-refractivity contribution is 9.10. The van der Waals surface area contributed by atoms with Crippen molar-refractivity contribution < 1.29 is 4.39 Å². The molecular weight excluding hydrogens is 323 g/mol. The van der Waals surface area contributed by atoms with Crippen molar-refractivity contribution in [3.63, 3.8) is 0 Å². The fourth-order valence-electron chi connectivity index (χ4n) is 2.07. The molecule has 0 saturated carbocycles. The first-order valence-corrected chi connectivity index (χ1v) is 8.08. The largest absolute Gasteiger partial charge is 0.207 e. The third-order valence-electron chi connectivity index (χ3n) is 2.82. The SMILES string of the molecule is Cc1cc(C)cc(CSCc2ccc(F)cc2Br)c1. The molecule has 0 amide bonds. The third-order valence-corrected chi connectivity index (χ3v) is 4.61. The summed E-state index contributed by atoms with van der Waals surface area (Å²) < 4.78 is 13.8. The van der Waals surface area contributed by atoms with Gasteiger partial charge in [0, 0.05) is 16.0 Å². The molecule has 0 atom stereocenters. The Bertz CT molecular complexity index is 561. The lowest BCUT2D eigenvalue weighted by atomic mass is 10.1. The number of thioether (sulfide) groups is 1. The van der Waals surface area contributed by atoms with E-state index in [0.717, 1.165) is 21.5 Å². The molecule has 0 bridgehead atoms. The molecular formula is C16H16BrFS. The van der Waals surface area contributed by atoms with Crippen LogP contribution in [0.25, 0.3) is 0 Å². The fraction of sp³-hybridized carbons (Fsp3) is 0.250. The second-order valence-corrected chi connectivity index (χ2v) is 6.56. The van der Waals surface area contributed by atoms with Gasteiger partial charge in [-0.25, -0.2) is 4.39 Å². The number of benzene rings is 2. The van der Waals surface area contributed by atoms with E-state index >= 15 is 0 Å². The van der Waals surface area contributed by atoms with Crippen LogP contribution in [0.1, 0.15) is 22.3 Å². The zero-order chi connectivity index (χ0) is 13.8. The molecule has 0 heterocycles. The van der Waals surface area contributed by atoms with E-state index in [-0.39, 0.29) is 5.82 Å². The van der Waals surface area contributed by atoms with Crippen molar-refractivity contribution in [3.8, 4) is 0 Å². The minimum Gasteiger partial charge on any atom is -0.207 e. The maximum atomic E-state index is 13.0. The summed E-state index contributed by atoms with van der Waals surface area (Å²) in [5.41, 5.74) is 5.09. The van der Waals surface area contributed by atoms with Gasteiger partial charge in [-0.1, -0.05) is 51.3 Å². The highest BCUT2D eigenvalue weighted by Crippen LogP contribution is 2.25. The predicted octanol–water partition coefficient (Wildman–Crippen LogP) is 5.64. The van der Waals surface area contributed by atoms with Crippen LogP contribution < -0.4 is 0 Å². The van der Waals surface area contributed by atoms with Crippen LogP contribution in [-0.2, 0) is 11.5 Å². The normalized spacial score (nSPS) is 10.7. The summed E-state index contributed by atoms with van der Waals surface area (Å²) in [6.07, 6.45) is 0. The second-order valence-electron chi connectivity index (χ2n) is 4.72. The van der Waals surface area contributed by atoms with Gasteiger partial charge in [0.05, 0.1) is 0 Å². The van der Waals surface area contributed by atoms with Crippen LogP contribution in [0.2, 0.25) is 0 Å². The molecule has 2 rings (SSSR count). The first-order chi connectivity index (χ1) is 9.04. The molecule has 0 unspecified atom stereocenters.